The van der Waals surface area contributed by atoms with Gasteiger partial charge in [-0.2, -0.15) is 0 Å². The van der Waals surface area contributed by atoms with E-state index in [0.29, 0.717) is 6.67 Å². The van der Waals surface area contributed by atoms with Crippen LogP contribution in [0, 0.1) is 10.8 Å². The molecular formula is C76H68N4O. The van der Waals surface area contributed by atoms with Crippen LogP contribution in [0.25, 0.3) is 38.8 Å². The van der Waals surface area contributed by atoms with Crippen LogP contribution in [0.4, 0.5) is 17.1 Å². The lowest BCUT2D eigenvalue weighted by Crippen LogP contribution is -2.73. The van der Waals surface area contributed by atoms with E-state index >= 15 is 0 Å². The van der Waals surface area contributed by atoms with E-state index in [1.54, 1.807) is 0 Å². The smallest absolute Gasteiger partial charge is 0.137 e. The van der Waals surface area contributed by atoms with E-state index in [4.69, 9.17) is 9.72 Å². The standard InChI is InChI=1S/C76H68N4O/c1-71(2,3)51-42-43-77-69(45-51)80-65-41-38-50(49-24-11-10-12-25-49)44-58(65)55-40-39-54(47-68(55)80)81-53-27-23-26-52(46-53)78-48-79(67-37-22-21-36-66(67)78)76-59-30-15-13-28-56(59)70(57-29-14-16-31-60(57)76)74(72(4,5)6)61-32-17-19-34-63(61)75(76,73(7,8)9)64-35-20-18-33-62(64)74/h10-47,70H,48H2,1-9H3. The monoisotopic (exact) mass is 1050 g/mol. The second-order valence-corrected chi connectivity index (χ2v) is 26.3. The molecule has 0 fully saturated rings. The number of aromatic nitrogens is 2. The van der Waals surface area contributed by atoms with Gasteiger partial charge < -0.3 is 14.5 Å². The third-order valence-corrected chi connectivity index (χ3v) is 19.3. The van der Waals surface area contributed by atoms with Gasteiger partial charge in [-0.15, -0.1) is 0 Å². The third kappa shape index (κ3) is 6.52. The van der Waals surface area contributed by atoms with E-state index in [2.05, 4.69) is 301 Å². The van der Waals surface area contributed by atoms with Crippen molar-refractivity contribution in [2.24, 2.45) is 10.8 Å². The summed E-state index contributed by atoms with van der Waals surface area (Å²) in [6, 6.07) is 84.7. The molecule has 11 aromatic rings. The first-order valence-corrected chi connectivity index (χ1v) is 29.0. The van der Waals surface area contributed by atoms with Crippen molar-refractivity contribution in [1.82, 2.24) is 9.55 Å². The van der Waals surface area contributed by atoms with Gasteiger partial charge >= 0.3 is 0 Å². The molecule has 7 aliphatic rings. The quantitative estimate of drug-likeness (QED) is 0.166. The van der Waals surface area contributed by atoms with Gasteiger partial charge in [-0.1, -0.05) is 214 Å². The summed E-state index contributed by atoms with van der Waals surface area (Å²) in [5, 5.41) is 2.32. The average Bonchev–Trinajstić information content (AvgIpc) is 1.06. The van der Waals surface area contributed by atoms with Gasteiger partial charge in [-0.3, -0.25) is 4.57 Å². The van der Waals surface area contributed by atoms with Gasteiger partial charge in [0, 0.05) is 46.1 Å². The zero-order valence-electron chi connectivity index (χ0n) is 47.9. The number of para-hydroxylation sites is 2. The molecule has 18 rings (SSSR count). The molecule has 5 heteroatoms. The van der Waals surface area contributed by atoms with E-state index < -0.39 is 16.4 Å². The summed E-state index contributed by atoms with van der Waals surface area (Å²) in [4.78, 5) is 10.4. The number of hydrogen-bond acceptors (Lipinski definition) is 4. The van der Waals surface area contributed by atoms with E-state index in [-0.39, 0.29) is 22.2 Å². The van der Waals surface area contributed by atoms with Crippen LogP contribution in [0.3, 0.4) is 0 Å². The zero-order chi connectivity index (χ0) is 55.4. The van der Waals surface area contributed by atoms with Crippen LogP contribution in [0.2, 0.25) is 0 Å². The first kappa shape index (κ1) is 49.4. The number of nitrogens with zero attached hydrogens (tertiary/aromatic N) is 4. The van der Waals surface area contributed by atoms with Gasteiger partial charge in [-0.25, -0.2) is 4.98 Å². The lowest BCUT2D eigenvalue weighted by atomic mass is 9.33. The minimum Gasteiger partial charge on any atom is -0.457 e. The summed E-state index contributed by atoms with van der Waals surface area (Å²) >= 11 is 0. The van der Waals surface area contributed by atoms with Crippen LogP contribution in [0.15, 0.2) is 231 Å². The van der Waals surface area contributed by atoms with Gasteiger partial charge in [0.15, 0.2) is 0 Å². The van der Waals surface area contributed by atoms with Crippen molar-refractivity contribution < 1.29 is 4.74 Å². The number of hydrogen-bond donors (Lipinski definition) is 0. The van der Waals surface area contributed by atoms with Crippen LogP contribution in [-0.4, -0.2) is 16.2 Å². The Hall–Kier alpha value is -8.67. The fourth-order valence-electron chi connectivity index (χ4n) is 16.4. The molecule has 0 saturated heterocycles. The Kier molecular flexibility index (Phi) is 10.5. The Morgan fingerprint density at radius 2 is 1.05 bits per heavy atom. The Labute approximate surface area is 477 Å². The maximum Gasteiger partial charge on any atom is 0.137 e. The second kappa shape index (κ2) is 17.2. The summed E-state index contributed by atoms with van der Waals surface area (Å²) < 4.78 is 9.40. The van der Waals surface area contributed by atoms with Gasteiger partial charge in [0.05, 0.1) is 34.5 Å². The first-order valence-electron chi connectivity index (χ1n) is 29.0. The van der Waals surface area contributed by atoms with Crippen molar-refractivity contribution in [2.75, 3.05) is 16.5 Å². The molecule has 6 aliphatic carbocycles. The fraction of sp³-hybridized carbons (Fsp3) is 0.224. The van der Waals surface area contributed by atoms with E-state index in [9.17, 15) is 0 Å². The summed E-state index contributed by atoms with van der Waals surface area (Å²) in [7, 11) is 0. The maximum atomic E-state index is 7.09. The SMILES string of the molecule is CC(C)(C)c1ccnc(-n2c3ccc(-c4ccccc4)cc3c3ccc(Oc4cccc(N5CN(C67c8ccccc8C(c8ccccc86)C6(C(C)(C)C)c8ccccc8C7(C(C)(C)C)c7ccccc76)c6ccccc65)c4)cc32)c1. The van der Waals surface area contributed by atoms with Crippen LogP contribution < -0.4 is 14.5 Å². The molecule has 81 heavy (non-hydrogen) atoms. The Bertz CT molecular complexity index is 4260. The first-order chi connectivity index (χ1) is 39.1. The average molecular weight is 1050 g/mol. The van der Waals surface area contributed by atoms with Gasteiger partial charge in [0.2, 0.25) is 0 Å². The predicted molar refractivity (Wildman–Crippen MR) is 334 cm³/mol. The Morgan fingerprint density at radius 3 is 1.69 bits per heavy atom. The molecular weight excluding hydrogens is 985 g/mol. The van der Waals surface area contributed by atoms with Crippen molar-refractivity contribution in [3.8, 4) is 28.4 Å². The van der Waals surface area contributed by atoms with Gasteiger partial charge in [0.1, 0.15) is 22.9 Å². The highest BCUT2D eigenvalue weighted by molar-refractivity contribution is 6.11. The minimum atomic E-state index is -0.748. The molecule has 5 nitrogen and oxygen atoms in total. The summed E-state index contributed by atoms with van der Waals surface area (Å²) in [6.45, 7) is 22.4. The van der Waals surface area contributed by atoms with E-state index in [1.807, 2.05) is 6.20 Å². The molecule has 0 spiro atoms. The molecule has 0 radical (unpaired) electrons. The van der Waals surface area contributed by atoms with E-state index in [0.717, 1.165) is 39.4 Å². The molecule has 398 valence electrons. The van der Waals surface area contributed by atoms with Crippen molar-refractivity contribution in [3.63, 3.8) is 0 Å². The lowest BCUT2D eigenvalue weighted by Gasteiger charge is -2.72. The highest BCUT2D eigenvalue weighted by atomic mass is 16.5. The molecule has 1 aliphatic heterocycles. The van der Waals surface area contributed by atoms with Crippen molar-refractivity contribution in [3.05, 3.63) is 281 Å². The van der Waals surface area contributed by atoms with Crippen LogP contribution in [-0.2, 0) is 21.8 Å². The number of benzene rings is 9. The summed E-state index contributed by atoms with van der Waals surface area (Å²) in [5.74, 6) is 2.45. The van der Waals surface area contributed by atoms with Crippen LogP contribution >= 0.6 is 0 Å². The molecule has 0 amide bonds. The Balaban J connectivity index is 0.909. The fourth-order valence-corrected chi connectivity index (χ4v) is 16.4. The molecule has 2 aromatic heterocycles. The molecule has 4 bridgehead atoms. The van der Waals surface area contributed by atoms with Gasteiger partial charge in [-0.05, 0) is 138 Å². The number of ether oxygens (including phenoxy) is 1. The lowest BCUT2D eigenvalue weighted by molar-refractivity contribution is 0.0865. The normalized spacial score (nSPS) is 20.6. The number of fused-ring (bicyclic) bond motifs is 4. The topological polar surface area (TPSA) is 33.5 Å². The summed E-state index contributed by atoms with van der Waals surface area (Å²) in [6.07, 6.45) is 1.95. The second-order valence-electron chi connectivity index (χ2n) is 26.3. The van der Waals surface area contributed by atoms with Crippen molar-refractivity contribution in [1.29, 1.82) is 0 Å². The molecule has 0 unspecified atom stereocenters. The number of rotatable bonds is 6. The molecule has 0 N–H and O–H groups in total. The molecule has 0 atom stereocenters. The van der Waals surface area contributed by atoms with Gasteiger partial charge in [0.25, 0.3) is 0 Å². The molecule has 9 aromatic carbocycles. The largest absolute Gasteiger partial charge is 0.457 e. The minimum absolute atomic E-state index is 0.0403. The highest BCUT2D eigenvalue weighted by Gasteiger charge is 2.75. The van der Waals surface area contributed by atoms with Crippen LogP contribution in [0.1, 0.15) is 118 Å². The number of pyridine rings is 1. The third-order valence-electron chi connectivity index (χ3n) is 19.3. The molecule has 0 saturated carbocycles. The van der Waals surface area contributed by atoms with Crippen LogP contribution in [0.5, 0.6) is 11.5 Å². The maximum absolute atomic E-state index is 7.09. The van der Waals surface area contributed by atoms with Crippen molar-refractivity contribution >= 4 is 38.9 Å². The summed E-state index contributed by atoms with van der Waals surface area (Å²) in [5.41, 5.74) is 18.2. The van der Waals surface area contributed by atoms with Crippen molar-refractivity contribution in [2.45, 2.75) is 90.0 Å². The zero-order valence-corrected chi connectivity index (χ0v) is 47.9. The Morgan fingerprint density at radius 1 is 0.457 bits per heavy atom. The molecule has 3 heterocycles. The predicted octanol–water partition coefficient (Wildman–Crippen LogP) is 18.9. The van der Waals surface area contributed by atoms with E-state index in [1.165, 1.54) is 78.0 Å². The number of anilines is 3. The highest BCUT2D eigenvalue weighted by Crippen LogP contribution is 2.78.